The summed E-state index contributed by atoms with van der Waals surface area (Å²) in [5.41, 5.74) is 0.279. The van der Waals surface area contributed by atoms with Gasteiger partial charge in [-0.3, -0.25) is 19.7 Å². The normalized spacial score (nSPS) is 16.8. The maximum Gasteiger partial charge on any atom is 0.311 e. The Labute approximate surface area is 257 Å². The number of rotatable bonds is 11. The Morgan fingerprint density at radius 2 is 1.47 bits per heavy atom. The average molecular weight is 626 g/mol. The lowest BCUT2D eigenvalue weighted by Gasteiger charge is -2.27. The molecule has 236 valence electrons. The Morgan fingerprint density at radius 3 is 1.96 bits per heavy atom. The molecule has 12 heteroatoms. The highest BCUT2D eigenvalue weighted by Crippen LogP contribution is 2.31. The van der Waals surface area contributed by atoms with Gasteiger partial charge in [-0.1, -0.05) is 26.0 Å². The number of ether oxygens (including phenoxy) is 1. The molecular formula is C33H31F4N3O5. The molecule has 1 fully saturated rings. The van der Waals surface area contributed by atoms with Crippen LogP contribution in [0.2, 0.25) is 0 Å². The van der Waals surface area contributed by atoms with E-state index in [1.165, 1.54) is 36.4 Å². The van der Waals surface area contributed by atoms with Crippen LogP contribution in [0.3, 0.4) is 0 Å². The van der Waals surface area contributed by atoms with E-state index in [1.54, 1.807) is 0 Å². The third-order valence-corrected chi connectivity index (χ3v) is 7.40. The summed E-state index contributed by atoms with van der Waals surface area (Å²) >= 11 is 0. The fourth-order valence-electron chi connectivity index (χ4n) is 4.97. The van der Waals surface area contributed by atoms with Crippen molar-refractivity contribution in [2.24, 2.45) is 0 Å². The van der Waals surface area contributed by atoms with Crippen molar-refractivity contribution in [3.63, 3.8) is 0 Å². The van der Waals surface area contributed by atoms with Crippen molar-refractivity contribution in [1.29, 1.82) is 0 Å². The average Bonchev–Trinajstić information content (AvgIpc) is 3.01. The van der Waals surface area contributed by atoms with E-state index in [2.05, 4.69) is 10.2 Å². The van der Waals surface area contributed by atoms with Gasteiger partial charge in [0.25, 0.3) is 5.91 Å². The SMILES string of the molecule is CCN(CC)CCOc1ccc(C(=O)NC2C/C(=C\c3ccc(F)c(F)c3)C(=O)/C(=C/c3ccc(F)c(F)c3)C2)cc1[N+](=O)[O-]. The number of nitrogens with one attached hydrogen (secondary N) is 1. The number of hydrogen-bond donors (Lipinski definition) is 1. The van der Waals surface area contributed by atoms with Crippen molar-refractivity contribution in [3.8, 4) is 5.75 Å². The molecule has 1 N–H and O–H groups in total. The minimum absolute atomic E-state index is 0.00661. The zero-order valence-corrected chi connectivity index (χ0v) is 24.6. The van der Waals surface area contributed by atoms with Gasteiger partial charge in [-0.15, -0.1) is 0 Å². The molecule has 3 aromatic rings. The molecule has 3 aromatic carbocycles. The zero-order chi connectivity index (χ0) is 32.7. The predicted molar refractivity (Wildman–Crippen MR) is 161 cm³/mol. The van der Waals surface area contributed by atoms with Gasteiger partial charge in [0.2, 0.25) is 0 Å². The van der Waals surface area contributed by atoms with Crippen LogP contribution in [0.4, 0.5) is 23.2 Å². The number of amides is 1. The Morgan fingerprint density at radius 1 is 0.911 bits per heavy atom. The van der Waals surface area contributed by atoms with Gasteiger partial charge in [-0.25, -0.2) is 17.6 Å². The number of halogens is 4. The Hall–Kier alpha value is -4.84. The highest BCUT2D eigenvalue weighted by molar-refractivity contribution is 6.14. The van der Waals surface area contributed by atoms with Gasteiger partial charge >= 0.3 is 5.69 Å². The van der Waals surface area contributed by atoms with Crippen LogP contribution in [0, 0.1) is 33.4 Å². The van der Waals surface area contributed by atoms with Crippen LogP contribution in [-0.4, -0.2) is 53.8 Å². The summed E-state index contributed by atoms with van der Waals surface area (Å²) in [7, 11) is 0. The Kier molecular flexibility index (Phi) is 10.8. The lowest BCUT2D eigenvalue weighted by Crippen LogP contribution is -2.39. The monoisotopic (exact) mass is 625 g/mol. The maximum atomic E-state index is 13.9. The number of nitro benzene ring substituents is 1. The summed E-state index contributed by atoms with van der Waals surface area (Å²) in [6, 6.07) is 9.35. The van der Waals surface area contributed by atoms with E-state index >= 15 is 0 Å². The first-order valence-corrected chi connectivity index (χ1v) is 14.3. The summed E-state index contributed by atoms with van der Waals surface area (Å²) in [4.78, 5) is 39.9. The first kappa shape index (κ1) is 33.1. The first-order valence-electron chi connectivity index (χ1n) is 14.3. The number of Topliss-reactive ketones (excluding diaryl/α,β-unsaturated/α-hetero) is 1. The molecule has 0 heterocycles. The zero-order valence-electron chi connectivity index (χ0n) is 24.6. The molecule has 0 aromatic heterocycles. The molecule has 1 aliphatic rings. The van der Waals surface area contributed by atoms with Crippen LogP contribution >= 0.6 is 0 Å². The second kappa shape index (κ2) is 14.8. The number of likely N-dealkylation sites (N-methyl/N-ethyl adjacent to an activating group) is 1. The summed E-state index contributed by atoms with van der Waals surface area (Å²) in [6.45, 7) is 6.35. The number of carbonyl (C=O) groups is 2. The van der Waals surface area contributed by atoms with Gasteiger partial charge in [0.15, 0.2) is 34.8 Å². The van der Waals surface area contributed by atoms with E-state index in [-0.39, 0.29) is 58.7 Å². The molecule has 0 unspecified atom stereocenters. The minimum atomic E-state index is -1.11. The Bertz CT molecular complexity index is 1600. The summed E-state index contributed by atoms with van der Waals surface area (Å²) < 4.78 is 60.3. The largest absolute Gasteiger partial charge is 0.485 e. The number of nitro groups is 1. The third-order valence-electron chi connectivity index (χ3n) is 7.40. The number of benzene rings is 3. The molecule has 8 nitrogen and oxygen atoms in total. The number of hydrogen-bond acceptors (Lipinski definition) is 6. The fraction of sp³-hybridized carbons (Fsp3) is 0.273. The maximum absolute atomic E-state index is 13.9. The van der Waals surface area contributed by atoms with Gasteiger partial charge in [-0.2, -0.15) is 0 Å². The van der Waals surface area contributed by atoms with E-state index in [9.17, 15) is 37.3 Å². The molecule has 0 spiro atoms. The van der Waals surface area contributed by atoms with Crippen LogP contribution in [0.25, 0.3) is 12.2 Å². The molecule has 0 aliphatic heterocycles. The van der Waals surface area contributed by atoms with Gasteiger partial charge < -0.3 is 15.0 Å². The Balaban J connectivity index is 1.60. The topological polar surface area (TPSA) is 102 Å². The van der Waals surface area contributed by atoms with Crippen molar-refractivity contribution in [2.45, 2.75) is 32.7 Å². The van der Waals surface area contributed by atoms with Crippen LogP contribution in [0.1, 0.15) is 48.2 Å². The van der Waals surface area contributed by atoms with Gasteiger partial charge in [0, 0.05) is 35.4 Å². The molecule has 0 atom stereocenters. The van der Waals surface area contributed by atoms with Gasteiger partial charge in [0.05, 0.1) is 4.92 Å². The second-order valence-corrected chi connectivity index (χ2v) is 10.4. The molecule has 4 rings (SSSR count). The van der Waals surface area contributed by atoms with Crippen molar-refractivity contribution >= 4 is 29.5 Å². The minimum Gasteiger partial charge on any atom is -0.485 e. The lowest BCUT2D eigenvalue weighted by atomic mass is 9.83. The van der Waals surface area contributed by atoms with Crippen molar-refractivity contribution in [3.05, 3.63) is 116 Å². The molecular weight excluding hydrogens is 594 g/mol. The van der Waals surface area contributed by atoms with Crippen LogP contribution in [0.5, 0.6) is 5.75 Å². The van der Waals surface area contributed by atoms with E-state index in [0.717, 1.165) is 43.4 Å². The van der Waals surface area contributed by atoms with E-state index in [4.69, 9.17) is 4.74 Å². The highest BCUT2D eigenvalue weighted by Gasteiger charge is 2.30. The molecule has 0 radical (unpaired) electrons. The standard InChI is InChI=1S/C33H31F4N3O5/c1-3-39(4-2)11-12-45-31-10-7-22(19-30(31)40(43)44)33(42)38-25-17-23(13-20-5-8-26(34)28(36)15-20)32(41)24(18-25)14-21-6-9-27(35)29(37)16-21/h5-10,13-16,19,25H,3-4,11-12,17-18H2,1-2H3,(H,38,42)/b23-13+,24-14+. The first-order chi connectivity index (χ1) is 21.5. The number of nitrogens with zero attached hydrogens (tertiary/aromatic N) is 2. The molecule has 1 saturated carbocycles. The smallest absolute Gasteiger partial charge is 0.311 e. The van der Waals surface area contributed by atoms with Crippen molar-refractivity contribution in [2.75, 3.05) is 26.2 Å². The molecule has 45 heavy (non-hydrogen) atoms. The van der Waals surface area contributed by atoms with Crippen LogP contribution in [0.15, 0.2) is 65.7 Å². The van der Waals surface area contributed by atoms with Gasteiger partial charge in [0.1, 0.15) is 6.61 Å². The lowest BCUT2D eigenvalue weighted by molar-refractivity contribution is -0.385. The summed E-state index contributed by atoms with van der Waals surface area (Å²) in [5.74, 6) is -5.48. The van der Waals surface area contributed by atoms with Crippen molar-refractivity contribution in [1.82, 2.24) is 10.2 Å². The molecule has 0 saturated heterocycles. The molecule has 1 amide bonds. The van der Waals surface area contributed by atoms with E-state index in [0.29, 0.717) is 6.54 Å². The van der Waals surface area contributed by atoms with Crippen molar-refractivity contribution < 1.29 is 36.8 Å². The second-order valence-electron chi connectivity index (χ2n) is 10.4. The third kappa shape index (κ3) is 8.42. The quantitative estimate of drug-likeness (QED) is 0.113. The number of ketones is 1. The van der Waals surface area contributed by atoms with Gasteiger partial charge in [-0.05, 0) is 85.6 Å². The molecule has 0 bridgehead atoms. The fourth-order valence-corrected chi connectivity index (χ4v) is 4.97. The van der Waals surface area contributed by atoms with Crippen LogP contribution < -0.4 is 10.1 Å². The number of carbonyl (C=O) groups excluding carboxylic acids is 2. The highest BCUT2D eigenvalue weighted by atomic mass is 19.2. The van der Waals surface area contributed by atoms with Crippen LogP contribution in [-0.2, 0) is 4.79 Å². The molecule has 1 aliphatic carbocycles. The predicted octanol–water partition coefficient (Wildman–Crippen LogP) is 6.50. The van der Waals surface area contributed by atoms with E-state index in [1.807, 2.05) is 13.8 Å². The van der Waals surface area contributed by atoms with E-state index < -0.39 is 45.9 Å². The summed E-state index contributed by atoms with van der Waals surface area (Å²) in [5, 5.41) is 14.6. The summed E-state index contributed by atoms with van der Waals surface area (Å²) in [6.07, 6.45) is 2.70.